The first kappa shape index (κ1) is 20.9. The monoisotopic (exact) mass is 406 g/mol. The van der Waals surface area contributed by atoms with E-state index < -0.39 is 10.0 Å². The minimum Gasteiger partial charge on any atom is -0.497 e. The van der Waals surface area contributed by atoms with Crippen LogP contribution in [0.25, 0.3) is 0 Å². The molecule has 1 aliphatic heterocycles. The molecule has 1 saturated heterocycles. The summed E-state index contributed by atoms with van der Waals surface area (Å²) >= 11 is 0. The summed E-state index contributed by atoms with van der Waals surface area (Å²) in [6, 6.07) is 9.07. The van der Waals surface area contributed by atoms with Crippen molar-refractivity contribution < 1.29 is 13.2 Å². The van der Waals surface area contributed by atoms with Gasteiger partial charge in [0.2, 0.25) is 10.0 Å². The van der Waals surface area contributed by atoms with Crippen molar-refractivity contribution in [3.8, 4) is 5.75 Å². The Morgan fingerprint density at radius 1 is 1.14 bits per heavy atom. The van der Waals surface area contributed by atoms with Gasteiger partial charge in [-0.1, -0.05) is 0 Å². The third-order valence-electron chi connectivity index (χ3n) is 5.44. The minimum atomic E-state index is -3.62. The van der Waals surface area contributed by atoms with Crippen LogP contribution < -0.4 is 9.46 Å². The molecule has 1 aliphatic rings. The molecule has 1 aromatic carbocycles. The lowest BCUT2D eigenvalue weighted by Gasteiger charge is -2.38. The molecule has 1 fully saturated rings. The average Bonchev–Trinajstić information content (AvgIpc) is 3.08. The number of nitrogens with zero attached hydrogens (tertiary/aromatic N) is 3. The molecule has 1 unspecified atom stereocenters. The van der Waals surface area contributed by atoms with Crippen LogP contribution in [0.5, 0.6) is 5.75 Å². The molecule has 8 heteroatoms. The highest BCUT2D eigenvalue weighted by atomic mass is 32.2. The zero-order valence-electron chi connectivity index (χ0n) is 17.1. The zero-order valence-corrected chi connectivity index (χ0v) is 17.9. The Labute approximate surface area is 167 Å². The van der Waals surface area contributed by atoms with E-state index in [4.69, 9.17) is 4.74 Å². The molecule has 3 rings (SSSR count). The van der Waals surface area contributed by atoms with Crippen molar-refractivity contribution in [2.75, 3.05) is 46.9 Å². The number of hydrogen-bond donors (Lipinski definition) is 1. The number of aryl methyl sites for hydroxylation is 2. The van der Waals surface area contributed by atoms with E-state index in [0.717, 1.165) is 31.9 Å². The Balaban J connectivity index is 1.80. The lowest BCUT2D eigenvalue weighted by atomic mass is 10.1. The van der Waals surface area contributed by atoms with E-state index in [1.54, 1.807) is 32.2 Å². The third kappa shape index (κ3) is 4.57. The second-order valence-electron chi connectivity index (χ2n) is 7.38. The van der Waals surface area contributed by atoms with E-state index in [2.05, 4.69) is 32.2 Å². The molecule has 0 radical (unpaired) electrons. The maximum atomic E-state index is 13.0. The van der Waals surface area contributed by atoms with Gasteiger partial charge in [-0.3, -0.25) is 4.90 Å². The van der Waals surface area contributed by atoms with Crippen molar-refractivity contribution in [3.63, 3.8) is 0 Å². The van der Waals surface area contributed by atoms with Gasteiger partial charge in [0.15, 0.2) is 0 Å². The van der Waals surface area contributed by atoms with Crippen LogP contribution in [0.4, 0.5) is 0 Å². The first-order valence-corrected chi connectivity index (χ1v) is 11.0. The molecular formula is C20H30N4O3S. The first-order valence-electron chi connectivity index (χ1n) is 9.50. The Kier molecular flexibility index (Phi) is 6.44. The molecule has 0 amide bonds. The van der Waals surface area contributed by atoms with Crippen LogP contribution in [-0.4, -0.2) is 69.7 Å². The molecule has 2 aromatic rings. The Hall–Kier alpha value is -1.87. The summed E-state index contributed by atoms with van der Waals surface area (Å²) in [5.74, 6) is 0.649. The molecule has 1 aromatic heterocycles. The molecule has 0 bridgehead atoms. The highest BCUT2D eigenvalue weighted by Crippen LogP contribution is 2.24. The van der Waals surface area contributed by atoms with E-state index in [1.165, 1.54) is 0 Å². The van der Waals surface area contributed by atoms with Crippen molar-refractivity contribution in [3.05, 3.63) is 47.8 Å². The molecule has 0 spiro atoms. The second-order valence-corrected chi connectivity index (χ2v) is 9.12. The van der Waals surface area contributed by atoms with Crippen molar-refractivity contribution in [1.29, 1.82) is 0 Å². The van der Waals surface area contributed by atoms with E-state index in [0.29, 0.717) is 17.9 Å². The number of aromatic nitrogens is 1. The fourth-order valence-corrected chi connectivity index (χ4v) is 4.95. The summed E-state index contributed by atoms with van der Waals surface area (Å²) in [5, 5.41) is 0. The Morgan fingerprint density at radius 3 is 2.43 bits per heavy atom. The molecule has 7 nitrogen and oxygen atoms in total. The maximum Gasteiger partial charge on any atom is 0.240 e. The zero-order chi connectivity index (χ0) is 20.3. The van der Waals surface area contributed by atoms with E-state index in [1.807, 2.05) is 19.3 Å². The van der Waals surface area contributed by atoms with Crippen LogP contribution in [0.3, 0.4) is 0 Å². The fourth-order valence-electron chi connectivity index (χ4n) is 3.69. The van der Waals surface area contributed by atoms with Gasteiger partial charge in [-0.2, -0.15) is 0 Å². The predicted octanol–water partition coefficient (Wildman–Crippen LogP) is 1.61. The summed E-state index contributed by atoms with van der Waals surface area (Å²) in [6.45, 7) is 5.89. The number of rotatable bonds is 7. The lowest BCUT2D eigenvalue weighted by Crippen LogP contribution is -2.48. The molecule has 1 N–H and O–H groups in total. The van der Waals surface area contributed by atoms with Gasteiger partial charge in [0.25, 0.3) is 0 Å². The molecule has 2 heterocycles. The van der Waals surface area contributed by atoms with Gasteiger partial charge in [0.05, 0.1) is 18.0 Å². The normalized spacial score (nSPS) is 17.6. The fraction of sp³-hybridized carbons (Fsp3) is 0.500. The van der Waals surface area contributed by atoms with Crippen LogP contribution in [-0.2, 0) is 17.1 Å². The average molecular weight is 407 g/mol. The largest absolute Gasteiger partial charge is 0.497 e. The van der Waals surface area contributed by atoms with Crippen LogP contribution in [0.15, 0.2) is 41.4 Å². The Morgan fingerprint density at radius 2 is 1.86 bits per heavy atom. The summed E-state index contributed by atoms with van der Waals surface area (Å²) < 4.78 is 36.0. The molecule has 154 valence electrons. The number of ether oxygens (including phenoxy) is 1. The number of piperazine rings is 1. The van der Waals surface area contributed by atoms with Crippen molar-refractivity contribution >= 4 is 10.0 Å². The van der Waals surface area contributed by atoms with Crippen LogP contribution in [0.1, 0.15) is 17.3 Å². The van der Waals surface area contributed by atoms with Gasteiger partial charge in [-0.05, 0) is 49.9 Å². The van der Waals surface area contributed by atoms with Gasteiger partial charge in [-0.15, -0.1) is 0 Å². The van der Waals surface area contributed by atoms with Gasteiger partial charge in [0.1, 0.15) is 5.75 Å². The standard InChI is InChI=1S/C20H30N4O3S/c1-16-14-17(27-4)7-8-20(16)28(25,26)21-15-19(18-6-5-9-23(18)3)24-12-10-22(2)11-13-24/h5-9,14,19,21H,10-13,15H2,1-4H3. The van der Waals surface area contributed by atoms with Crippen molar-refractivity contribution in [2.24, 2.45) is 7.05 Å². The van der Waals surface area contributed by atoms with Crippen LogP contribution in [0, 0.1) is 6.92 Å². The highest BCUT2D eigenvalue weighted by Gasteiger charge is 2.27. The number of hydrogen-bond acceptors (Lipinski definition) is 5. The predicted molar refractivity (Wildman–Crippen MR) is 110 cm³/mol. The van der Waals surface area contributed by atoms with Gasteiger partial charge in [0, 0.05) is 51.7 Å². The van der Waals surface area contributed by atoms with Gasteiger partial charge >= 0.3 is 0 Å². The molecular weight excluding hydrogens is 376 g/mol. The quantitative estimate of drug-likeness (QED) is 0.757. The smallest absolute Gasteiger partial charge is 0.240 e. The highest BCUT2D eigenvalue weighted by molar-refractivity contribution is 7.89. The topological polar surface area (TPSA) is 66.8 Å². The molecule has 28 heavy (non-hydrogen) atoms. The van der Waals surface area contributed by atoms with Gasteiger partial charge < -0.3 is 14.2 Å². The number of nitrogens with one attached hydrogen (secondary N) is 1. The Bertz CT molecular complexity index is 902. The third-order valence-corrected chi connectivity index (χ3v) is 7.03. The summed E-state index contributed by atoms with van der Waals surface area (Å²) in [4.78, 5) is 4.94. The minimum absolute atomic E-state index is 0.0120. The van der Waals surface area contributed by atoms with E-state index in [-0.39, 0.29) is 10.9 Å². The summed E-state index contributed by atoms with van der Waals surface area (Å²) in [6.07, 6.45) is 2.00. The van der Waals surface area contributed by atoms with Crippen molar-refractivity contribution in [1.82, 2.24) is 19.1 Å². The molecule has 0 aliphatic carbocycles. The van der Waals surface area contributed by atoms with E-state index in [9.17, 15) is 8.42 Å². The lowest BCUT2D eigenvalue weighted by molar-refractivity contribution is 0.109. The molecule has 0 saturated carbocycles. The molecule has 1 atom stereocenters. The number of sulfonamides is 1. The summed E-state index contributed by atoms with van der Waals surface area (Å²) in [7, 11) is 2.07. The van der Waals surface area contributed by atoms with Crippen LogP contribution in [0.2, 0.25) is 0 Å². The number of methoxy groups -OCH3 is 1. The van der Waals surface area contributed by atoms with E-state index >= 15 is 0 Å². The first-order chi connectivity index (χ1) is 13.3. The second kappa shape index (κ2) is 8.65. The summed E-state index contributed by atoms with van der Waals surface area (Å²) in [5.41, 5.74) is 1.78. The van der Waals surface area contributed by atoms with Crippen LogP contribution >= 0.6 is 0 Å². The number of likely N-dealkylation sites (N-methyl/N-ethyl adjacent to an activating group) is 1. The van der Waals surface area contributed by atoms with Crippen molar-refractivity contribution in [2.45, 2.75) is 17.9 Å². The number of benzene rings is 1. The maximum absolute atomic E-state index is 13.0. The van der Waals surface area contributed by atoms with Gasteiger partial charge in [-0.25, -0.2) is 13.1 Å². The SMILES string of the molecule is COc1ccc(S(=O)(=O)NCC(c2cccn2C)N2CCN(C)CC2)c(C)c1.